The third-order valence-corrected chi connectivity index (χ3v) is 5.26. The van der Waals surface area contributed by atoms with E-state index in [9.17, 15) is 17.8 Å². The summed E-state index contributed by atoms with van der Waals surface area (Å²) in [5, 5.41) is 0.746. The highest BCUT2D eigenvalue weighted by Gasteiger charge is 2.33. The van der Waals surface area contributed by atoms with Crippen molar-refractivity contribution in [2.24, 2.45) is 0 Å². The maximum atomic E-state index is 11.7. The second-order valence-electron chi connectivity index (χ2n) is 6.91. The molecule has 7 heteroatoms. The molecule has 6 nitrogen and oxygen atoms in total. The summed E-state index contributed by atoms with van der Waals surface area (Å²) in [7, 11) is -4.17. The molecule has 1 N–H and O–H groups in total. The monoisotopic (exact) mass is 363 g/mol. The van der Waals surface area contributed by atoms with Crippen LogP contribution >= 0.6 is 0 Å². The quantitative estimate of drug-likeness (QED) is 0.666. The lowest BCUT2D eigenvalue weighted by Gasteiger charge is -2.43. The van der Waals surface area contributed by atoms with Gasteiger partial charge in [0.15, 0.2) is 0 Å². The maximum absolute atomic E-state index is 11.7. The molecule has 1 aromatic carbocycles. The molecule has 0 amide bonds. The van der Waals surface area contributed by atoms with Gasteiger partial charge in [0.2, 0.25) is 0 Å². The van der Waals surface area contributed by atoms with Crippen molar-refractivity contribution >= 4 is 32.3 Å². The summed E-state index contributed by atoms with van der Waals surface area (Å²) < 4.78 is 37.7. The van der Waals surface area contributed by atoms with Gasteiger partial charge in [-0.2, -0.15) is 8.42 Å². The van der Waals surface area contributed by atoms with Crippen LogP contribution in [0.4, 0.5) is 5.69 Å². The van der Waals surface area contributed by atoms with Crippen LogP contribution in [0.5, 0.6) is 0 Å². The van der Waals surface area contributed by atoms with E-state index in [4.69, 9.17) is 4.42 Å². The van der Waals surface area contributed by atoms with Gasteiger partial charge in [0.25, 0.3) is 10.1 Å². The predicted molar refractivity (Wildman–Crippen MR) is 98.7 cm³/mol. The highest BCUT2D eigenvalue weighted by molar-refractivity contribution is 7.86. The molecule has 0 radical (unpaired) electrons. The van der Waals surface area contributed by atoms with Crippen molar-refractivity contribution in [1.29, 1.82) is 0 Å². The van der Waals surface area contributed by atoms with E-state index in [1.54, 1.807) is 6.07 Å². The number of benzene rings is 1. The van der Waals surface area contributed by atoms with Crippen molar-refractivity contribution in [1.82, 2.24) is 0 Å². The van der Waals surface area contributed by atoms with Crippen LogP contribution in [0, 0.1) is 6.92 Å². The van der Waals surface area contributed by atoms with Gasteiger partial charge in [0.1, 0.15) is 11.3 Å². The van der Waals surface area contributed by atoms with Gasteiger partial charge in [-0.3, -0.25) is 4.55 Å². The molecule has 2 aromatic rings. The molecule has 1 aliphatic heterocycles. The van der Waals surface area contributed by atoms with E-state index in [1.807, 2.05) is 39.8 Å². The van der Waals surface area contributed by atoms with Crippen LogP contribution in [0.15, 0.2) is 33.5 Å². The topological polar surface area (TPSA) is 87.8 Å². The minimum absolute atomic E-state index is 0.420. The SMILES string of the molecule is CCN1c2cc3oc(=O)cc(C)c3cc2C(CS(=O)(=O)O)=CC1(C)C. The number of hydrogen-bond donors (Lipinski definition) is 1. The minimum atomic E-state index is -4.17. The highest BCUT2D eigenvalue weighted by Crippen LogP contribution is 2.41. The predicted octanol–water partition coefficient (Wildman–Crippen LogP) is 2.99. The molecule has 0 fully saturated rings. The summed E-state index contributed by atoms with van der Waals surface area (Å²) in [6.45, 7) is 8.45. The molecule has 1 aliphatic rings. The lowest BCUT2D eigenvalue weighted by molar-refractivity contribution is 0.487. The first-order valence-corrected chi connectivity index (χ1v) is 9.66. The fraction of sp³-hybridized carbons (Fsp3) is 0.389. The molecular weight excluding hydrogens is 342 g/mol. The zero-order chi connectivity index (χ0) is 18.6. The Morgan fingerprint density at radius 3 is 2.52 bits per heavy atom. The smallest absolute Gasteiger partial charge is 0.336 e. The van der Waals surface area contributed by atoms with Gasteiger partial charge in [-0.1, -0.05) is 6.08 Å². The van der Waals surface area contributed by atoms with Gasteiger partial charge < -0.3 is 9.32 Å². The second kappa shape index (κ2) is 5.71. The Morgan fingerprint density at radius 2 is 1.92 bits per heavy atom. The third-order valence-electron chi connectivity index (χ3n) is 4.58. The van der Waals surface area contributed by atoms with Gasteiger partial charge in [-0.15, -0.1) is 0 Å². The molecule has 3 rings (SSSR count). The van der Waals surface area contributed by atoms with Crippen LogP contribution in [0.1, 0.15) is 31.9 Å². The van der Waals surface area contributed by atoms with Crippen molar-refractivity contribution in [3.63, 3.8) is 0 Å². The van der Waals surface area contributed by atoms with Crippen molar-refractivity contribution in [3.8, 4) is 0 Å². The molecule has 134 valence electrons. The van der Waals surface area contributed by atoms with E-state index in [2.05, 4.69) is 4.90 Å². The van der Waals surface area contributed by atoms with Crippen LogP contribution in [0.25, 0.3) is 16.5 Å². The standard InChI is InChI=1S/C18H21NO5S/c1-5-19-15-8-16-13(11(2)6-17(20)24-16)7-14(15)12(9-18(19,3)4)10-25(21,22)23/h6-9H,5,10H2,1-4H3,(H,21,22,23). The van der Waals surface area contributed by atoms with E-state index in [1.165, 1.54) is 6.07 Å². The van der Waals surface area contributed by atoms with Gasteiger partial charge in [-0.25, -0.2) is 4.79 Å². The first-order valence-electron chi connectivity index (χ1n) is 8.05. The van der Waals surface area contributed by atoms with E-state index >= 15 is 0 Å². The highest BCUT2D eigenvalue weighted by atomic mass is 32.2. The summed E-state index contributed by atoms with van der Waals surface area (Å²) in [6.07, 6.45) is 1.87. The van der Waals surface area contributed by atoms with Crippen molar-refractivity contribution in [3.05, 3.63) is 45.8 Å². The third kappa shape index (κ3) is 3.21. The summed E-state index contributed by atoms with van der Waals surface area (Å²) in [5.74, 6) is -0.456. The Kier molecular flexibility index (Phi) is 4.04. The normalized spacial score (nSPS) is 16.7. The zero-order valence-corrected chi connectivity index (χ0v) is 15.5. The van der Waals surface area contributed by atoms with E-state index in [0.717, 1.165) is 22.2 Å². The molecule has 0 atom stereocenters. The largest absolute Gasteiger partial charge is 0.423 e. The molecular formula is C18H21NO5S. The van der Waals surface area contributed by atoms with Gasteiger partial charge in [-0.05, 0) is 44.9 Å². The maximum Gasteiger partial charge on any atom is 0.336 e. The Morgan fingerprint density at radius 1 is 1.24 bits per heavy atom. The van der Waals surface area contributed by atoms with E-state index < -0.39 is 27.0 Å². The van der Waals surface area contributed by atoms with Crippen molar-refractivity contribution in [2.75, 3.05) is 17.2 Å². The Hall–Kier alpha value is -2.12. The molecule has 0 aliphatic carbocycles. The molecule has 0 bridgehead atoms. The van der Waals surface area contributed by atoms with Crippen molar-refractivity contribution < 1.29 is 17.4 Å². The fourth-order valence-corrected chi connectivity index (χ4v) is 4.25. The number of rotatable bonds is 3. The molecule has 25 heavy (non-hydrogen) atoms. The minimum Gasteiger partial charge on any atom is -0.423 e. The fourth-order valence-electron chi connectivity index (χ4n) is 3.62. The zero-order valence-electron chi connectivity index (χ0n) is 14.7. The van der Waals surface area contributed by atoms with Gasteiger partial charge >= 0.3 is 5.63 Å². The van der Waals surface area contributed by atoms with Crippen LogP contribution in [-0.2, 0) is 10.1 Å². The molecule has 2 heterocycles. The van der Waals surface area contributed by atoms with Gasteiger partial charge in [0, 0.05) is 35.3 Å². The number of fused-ring (bicyclic) bond motifs is 2. The summed E-state index contributed by atoms with van der Waals surface area (Å²) in [4.78, 5) is 13.8. The Balaban J connectivity index is 2.36. The van der Waals surface area contributed by atoms with E-state index in [0.29, 0.717) is 17.7 Å². The molecule has 0 saturated heterocycles. The van der Waals surface area contributed by atoms with Crippen LogP contribution < -0.4 is 10.5 Å². The number of likely N-dealkylation sites (N-methyl/N-ethyl adjacent to an activating group) is 1. The summed E-state index contributed by atoms with van der Waals surface area (Å²) in [5.41, 5.74) is 2.41. The Labute approximate surface area is 146 Å². The lowest BCUT2D eigenvalue weighted by atomic mass is 9.87. The number of anilines is 1. The number of nitrogens with zero attached hydrogens (tertiary/aromatic N) is 1. The average molecular weight is 363 g/mol. The average Bonchev–Trinajstić information content (AvgIpc) is 2.43. The first-order chi connectivity index (χ1) is 11.5. The Bertz CT molecular complexity index is 1050. The summed E-state index contributed by atoms with van der Waals surface area (Å²) >= 11 is 0. The van der Waals surface area contributed by atoms with Gasteiger partial charge in [0.05, 0.1) is 5.54 Å². The molecule has 1 aromatic heterocycles. The second-order valence-corrected chi connectivity index (χ2v) is 8.36. The first kappa shape index (κ1) is 17.7. The summed E-state index contributed by atoms with van der Waals surface area (Å²) in [6, 6.07) is 5.02. The van der Waals surface area contributed by atoms with E-state index in [-0.39, 0.29) is 0 Å². The number of aryl methyl sites for hydroxylation is 1. The van der Waals surface area contributed by atoms with Crippen LogP contribution in [0.3, 0.4) is 0 Å². The lowest BCUT2D eigenvalue weighted by Crippen LogP contribution is -2.45. The van der Waals surface area contributed by atoms with Crippen LogP contribution in [-0.4, -0.2) is 30.8 Å². The molecule has 0 unspecified atom stereocenters. The number of hydrogen-bond acceptors (Lipinski definition) is 5. The van der Waals surface area contributed by atoms with Crippen molar-refractivity contribution in [2.45, 2.75) is 33.2 Å². The molecule has 0 spiro atoms. The van der Waals surface area contributed by atoms with Crippen LogP contribution in [0.2, 0.25) is 0 Å². The molecule has 0 saturated carbocycles.